The largest absolute Gasteiger partial charge is 0.319 e. The molecule has 1 saturated carbocycles. The Morgan fingerprint density at radius 3 is 3.10 bits per heavy atom. The average molecular weight is 133 g/mol. The SMILES string of the molecule is N#Cc1cncn1C1CC1. The molecule has 0 spiro atoms. The molecule has 0 radical (unpaired) electrons. The predicted octanol–water partition coefficient (Wildman–Crippen LogP) is 1.09. The van der Waals surface area contributed by atoms with Crippen LogP contribution < -0.4 is 0 Å². The van der Waals surface area contributed by atoms with Crippen LogP contribution in [0.15, 0.2) is 12.5 Å². The summed E-state index contributed by atoms with van der Waals surface area (Å²) >= 11 is 0. The lowest BCUT2D eigenvalue weighted by Gasteiger charge is -1.96. The van der Waals surface area contributed by atoms with E-state index >= 15 is 0 Å². The van der Waals surface area contributed by atoms with Gasteiger partial charge in [0.1, 0.15) is 11.8 Å². The molecule has 1 aromatic rings. The zero-order valence-corrected chi connectivity index (χ0v) is 5.49. The maximum atomic E-state index is 8.57. The van der Waals surface area contributed by atoms with E-state index in [2.05, 4.69) is 11.1 Å². The van der Waals surface area contributed by atoms with Crippen LogP contribution >= 0.6 is 0 Å². The van der Waals surface area contributed by atoms with Gasteiger partial charge >= 0.3 is 0 Å². The maximum Gasteiger partial charge on any atom is 0.140 e. The molecule has 0 bridgehead atoms. The second-order valence-electron chi connectivity index (χ2n) is 2.53. The van der Waals surface area contributed by atoms with Crippen molar-refractivity contribution in [2.45, 2.75) is 18.9 Å². The lowest BCUT2D eigenvalue weighted by Crippen LogP contribution is -1.93. The molecule has 3 nitrogen and oxygen atoms in total. The normalized spacial score (nSPS) is 16.7. The number of nitriles is 1. The number of nitrogens with zero attached hydrogens (tertiary/aromatic N) is 3. The van der Waals surface area contributed by atoms with E-state index < -0.39 is 0 Å². The van der Waals surface area contributed by atoms with Crippen LogP contribution in [0.5, 0.6) is 0 Å². The molecule has 1 aromatic heterocycles. The third-order valence-corrected chi connectivity index (χ3v) is 1.72. The summed E-state index contributed by atoms with van der Waals surface area (Å²) in [5.41, 5.74) is 0.683. The van der Waals surface area contributed by atoms with Gasteiger partial charge in [0.25, 0.3) is 0 Å². The minimum absolute atomic E-state index is 0.567. The first-order valence-corrected chi connectivity index (χ1v) is 3.34. The van der Waals surface area contributed by atoms with E-state index in [1.807, 2.05) is 4.57 Å². The van der Waals surface area contributed by atoms with Gasteiger partial charge in [-0.1, -0.05) is 0 Å². The topological polar surface area (TPSA) is 41.6 Å². The molecule has 1 aliphatic rings. The van der Waals surface area contributed by atoms with Gasteiger partial charge in [-0.05, 0) is 12.8 Å². The number of rotatable bonds is 1. The summed E-state index contributed by atoms with van der Waals surface area (Å²) in [4.78, 5) is 3.89. The van der Waals surface area contributed by atoms with Gasteiger partial charge in [-0.3, -0.25) is 0 Å². The van der Waals surface area contributed by atoms with Crippen molar-refractivity contribution in [2.24, 2.45) is 0 Å². The molecule has 2 rings (SSSR count). The quantitative estimate of drug-likeness (QED) is 0.575. The first-order valence-electron chi connectivity index (χ1n) is 3.34. The Hall–Kier alpha value is -1.30. The fraction of sp³-hybridized carbons (Fsp3) is 0.429. The molecule has 3 heteroatoms. The monoisotopic (exact) mass is 133 g/mol. The summed E-state index contributed by atoms with van der Waals surface area (Å²) in [6, 6.07) is 2.66. The number of hydrogen-bond donors (Lipinski definition) is 0. The van der Waals surface area contributed by atoms with E-state index in [0.717, 1.165) is 0 Å². The van der Waals surface area contributed by atoms with Crippen molar-refractivity contribution in [3.63, 3.8) is 0 Å². The van der Waals surface area contributed by atoms with E-state index in [9.17, 15) is 0 Å². The van der Waals surface area contributed by atoms with Crippen molar-refractivity contribution < 1.29 is 0 Å². The molecule has 0 saturated heterocycles. The molecule has 0 amide bonds. The van der Waals surface area contributed by atoms with Crippen LogP contribution in [0.4, 0.5) is 0 Å². The Kier molecular flexibility index (Phi) is 1.01. The van der Waals surface area contributed by atoms with Crippen molar-refractivity contribution in [1.82, 2.24) is 9.55 Å². The van der Waals surface area contributed by atoms with Crippen LogP contribution in [0.25, 0.3) is 0 Å². The third kappa shape index (κ3) is 0.695. The average Bonchev–Trinajstić information content (AvgIpc) is 2.69. The molecule has 0 atom stereocenters. The highest BCUT2D eigenvalue weighted by atomic mass is 15.1. The van der Waals surface area contributed by atoms with Crippen LogP contribution in [0.2, 0.25) is 0 Å². The van der Waals surface area contributed by atoms with E-state index in [1.165, 1.54) is 12.8 Å². The molecule has 0 unspecified atom stereocenters. The van der Waals surface area contributed by atoms with Crippen LogP contribution in [-0.4, -0.2) is 9.55 Å². The van der Waals surface area contributed by atoms with Crippen molar-refractivity contribution >= 4 is 0 Å². The first-order chi connectivity index (χ1) is 4.92. The van der Waals surface area contributed by atoms with Gasteiger partial charge in [0.15, 0.2) is 0 Å². The van der Waals surface area contributed by atoms with Gasteiger partial charge < -0.3 is 4.57 Å². The van der Waals surface area contributed by atoms with Crippen LogP contribution in [0.3, 0.4) is 0 Å². The highest BCUT2D eigenvalue weighted by Crippen LogP contribution is 2.35. The van der Waals surface area contributed by atoms with Crippen LogP contribution in [0.1, 0.15) is 24.6 Å². The Morgan fingerprint density at radius 2 is 2.50 bits per heavy atom. The van der Waals surface area contributed by atoms with Crippen LogP contribution in [-0.2, 0) is 0 Å². The molecule has 50 valence electrons. The number of hydrogen-bond acceptors (Lipinski definition) is 2. The Bertz CT molecular complexity index is 277. The maximum absolute atomic E-state index is 8.57. The zero-order valence-electron chi connectivity index (χ0n) is 5.49. The van der Waals surface area contributed by atoms with Crippen molar-refractivity contribution in [3.05, 3.63) is 18.2 Å². The summed E-state index contributed by atoms with van der Waals surface area (Å²) in [5, 5.41) is 8.57. The number of imidazole rings is 1. The Morgan fingerprint density at radius 1 is 1.70 bits per heavy atom. The van der Waals surface area contributed by atoms with Gasteiger partial charge in [0, 0.05) is 6.04 Å². The van der Waals surface area contributed by atoms with Gasteiger partial charge in [-0.2, -0.15) is 5.26 Å². The van der Waals surface area contributed by atoms with E-state index in [0.29, 0.717) is 11.7 Å². The van der Waals surface area contributed by atoms with Gasteiger partial charge in [0.2, 0.25) is 0 Å². The molecule has 1 fully saturated rings. The van der Waals surface area contributed by atoms with Gasteiger partial charge in [0.05, 0.1) is 12.5 Å². The molecule has 1 aliphatic carbocycles. The second-order valence-corrected chi connectivity index (χ2v) is 2.53. The first kappa shape index (κ1) is 5.48. The Balaban J connectivity index is 2.40. The third-order valence-electron chi connectivity index (χ3n) is 1.72. The Labute approximate surface area is 58.9 Å². The highest BCUT2D eigenvalue weighted by molar-refractivity contribution is 5.19. The van der Waals surface area contributed by atoms with E-state index in [4.69, 9.17) is 5.26 Å². The minimum atomic E-state index is 0.567. The summed E-state index contributed by atoms with van der Waals surface area (Å²) in [5.74, 6) is 0. The molecule has 0 aromatic carbocycles. The van der Waals surface area contributed by atoms with E-state index in [1.54, 1.807) is 12.5 Å². The summed E-state index contributed by atoms with van der Waals surface area (Å²) in [6.45, 7) is 0. The molecule has 10 heavy (non-hydrogen) atoms. The summed E-state index contributed by atoms with van der Waals surface area (Å²) in [7, 11) is 0. The van der Waals surface area contributed by atoms with Crippen molar-refractivity contribution in [2.75, 3.05) is 0 Å². The van der Waals surface area contributed by atoms with Crippen molar-refractivity contribution in [3.8, 4) is 6.07 Å². The van der Waals surface area contributed by atoms with Crippen molar-refractivity contribution in [1.29, 1.82) is 5.26 Å². The molecular weight excluding hydrogens is 126 g/mol. The lowest BCUT2D eigenvalue weighted by atomic mass is 10.5. The smallest absolute Gasteiger partial charge is 0.140 e. The molecular formula is C7H7N3. The molecule has 1 heterocycles. The van der Waals surface area contributed by atoms with Gasteiger partial charge in [-0.25, -0.2) is 4.98 Å². The molecule has 0 N–H and O–H groups in total. The predicted molar refractivity (Wildman–Crippen MR) is 35.2 cm³/mol. The fourth-order valence-corrected chi connectivity index (χ4v) is 1.03. The summed E-state index contributed by atoms with van der Waals surface area (Å²) < 4.78 is 1.94. The van der Waals surface area contributed by atoms with Gasteiger partial charge in [-0.15, -0.1) is 0 Å². The highest BCUT2D eigenvalue weighted by Gasteiger charge is 2.24. The molecule has 0 aliphatic heterocycles. The lowest BCUT2D eigenvalue weighted by molar-refractivity contribution is 0.731. The second kappa shape index (κ2) is 1.84. The zero-order chi connectivity index (χ0) is 6.97. The standard InChI is InChI=1S/C7H7N3/c8-3-7-4-9-5-10(7)6-1-2-6/h4-6H,1-2H2. The number of aromatic nitrogens is 2. The summed E-state index contributed by atoms with van der Waals surface area (Å²) in [6.07, 6.45) is 5.74. The van der Waals surface area contributed by atoms with Crippen LogP contribution in [0, 0.1) is 11.3 Å². The fourth-order valence-electron chi connectivity index (χ4n) is 1.03. The van der Waals surface area contributed by atoms with E-state index in [-0.39, 0.29) is 0 Å². The minimum Gasteiger partial charge on any atom is -0.319 e.